The van der Waals surface area contributed by atoms with Crippen LogP contribution in [0.3, 0.4) is 0 Å². The quantitative estimate of drug-likeness (QED) is 0.873. The molecule has 1 aromatic carbocycles. The largest absolute Gasteiger partial charge is 0.462 e. The van der Waals surface area contributed by atoms with E-state index in [1.165, 1.54) is 0 Å². The Morgan fingerprint density at radius 1 is 1.33 bits per heavy atom. The highest BCUT2D eigenvalue weighted by atomic mass is 16.5. The van der Waals surface area contributed by atoms with Gasteiger partial charge in [-0.3, -0.25) is 0 Å². The first kappa shape index (κ1) is 16.1. The van der Waals surface area contributed by atoms with Gasteiger partial charge in [0.2, 0.25) is 11.8 Å². The molecule has 126 valence electrons. The molecule has 0 amide bonds. The van der Waals surface area contributed by atoms with E-state index in [2.05, 4.69) is 5.10 Å². The van der Waals surface area contributed by atoms with Crippen LogP contribution in [-0.2, 0) is 16.1 Å². The van der Waals surface area contributed by atoms with E-state index in [1.54, 1.807) is 11.6 Å². The van der Waals surface area contributed by atoms with Crippen molar-refractivity contribution in [2.24, 2.45) is 5.73 Å². The maximum atomic E-state index is 12.5. The lowest BCUT2D eigenvalue weighted by Crippen LogP contribution is -2.28. The van der Waals surface area contributed by atoms with Gasteiger partial charge in [-0.25, -0.2) is 9.48 Å². The number of hydrogen-bond donors (Lipinski definition) is 1. The average Bonchev–Trinajstić information content (AvgIpc) is 2.90. The van der Waals surface area contributed by atoms with Gasteiger partial charge in [-0.2, -0.15) is 5.10 Å². The lowest BCUT2D eigenvalue weighted by molar-refractivity contribution is -0.139. The summed E-state index contributed by atoms with van der Waals surface area (Å²) in [5.41, 5.74) is 9.06. The molecular weight excluding hydrogens is 306 g/mol. The Morgan fingerprint density at radius 3 is 2.67 bits per heavy atom. The van der Waals surface area contributed by atoms with E-state index in [1.807, 2.05) is 44.2 Å². The molecule has 1 aliphatic heterocycles. The van der Waals surface area contributed by atoms with Crippen molar-refractivity contribution in [3.63, 3.8) is 0 Å². The summed E-state index contributed by atoms with van der Waals surface area (Å²) in [6, 6.07) is 9.74. The predicted octanol–water partition coefficient (Wildman–Crippen LogP) is 2.47. The van der Waals surface area contributed by atoms with E-state index in [-0.39, 0.29) is 18.4 Å². The zero-order valence-corrected chi connectivity index (χ0v) is 14.1. The van der Waals surface area contributed by atoms with Gasteiger partial charge in [0.25, 0.3) is 0 Å². The third-order valence-corrected chi connectivity index (χ3v) is 4.10. The molecule has 2 aromatic rings. The number of esters is 1. The second kappa shape index (κ2) is 6.39. The summed E-state index contributed by atoms with van der Waals surface area (Å²) in [6.45, 7) is 6.58. The van der Waals surface area contributed by atoms with Crippen LogP contribution in [0, 0.1) is 6.92 Å². The van der Waals surface area contributed by atoms with Crippen molar-refractivity contribution in [3.05, 3.63) is 58.6 Å². The van der Waals surface area contributed by atoms with Gasteiger partial charge >= 0.3 is 5.97 Å². The molecule has 6 heteroatoms. The highest BCUT2D eigenvalue weighted by Crippen LogP contribution is 2.44. The minimum absolute atomic E-state index is 0.0735. The maximum absolute atomic E-state index is 12.5. The molecule has 6 nitrogen and oxygen atoms in total. The van der Waals surface area contributed by atoms with Crippen LogP contribution in [0.4, 0.5) is 0 Å². The van der Waals surface area contributed by atoms with Gasteiger partial charge in [0.15, 0.2) is 0 Å². The number of rotatable bonds is 4. The van der Waals surface area contributed by atoms with Crippen LogP contribution in [0.25, 0.3) is 0 Å². The highest BCUT2D eigenvalue weighted by molar-refractivity contribution is 5.92. The van der Waals surface area contributed by atoms with Gasteiger partial charge < -0.3 is 15.2 Å². The number of nitrogens with zero attached hydrogens (tertiary/aromatic N) is 2. The third-order valence-electron chi connectivity index (χ3n) is 4.10. The number of hydrogen-bond acceptors (Lipinski definition) is 5. The Hall–Kier alpha value is -2.76. The standard InChI is InChI=1S/C18H21N3O3/c1-4-21-17-13(11(3)20-21)14(12-9-7-6-8-10-12)15(16(19)24-17)18(22)23-5-2/h6-10,14H,4-5,19H2,1-3H3. The molecule has 0 saturated heterocycles. The second-order valence-electron chi connectivity index (χ2n) is 5.56. The Labute approximate surface area is 140 Å². The smallest absolute Gasteiger partial charge is 0.340 e. The van der Waals surface area contributed by atoms with E-state index in [0.717, 1.165) is 16.8 Å². The van der Waals surface area contributed by atoms with Gasteiger partial charge in [-0.05, 0) is 26.3 Å². The van der Waals surface area contributed by atoms with Crippen molar-refractivity contribution < 1.29 is 14.3 Å². The van der Waals surface area contributed by atoms with Gasteiger partial charge in [0.1, 0.15) is 5.57 Å². The summed E-state index contributed by atoms with van der Waals surface area (Å²) in [6.07, 6.45) is 0. The van der Waals surface area contributed by atoms with Crippen LogP contribution in [0.15, 0.2) is 41.8 Å². The number of ether oxygens (including phenoxy) is 2. The SMILES string of the molecule is CCOC(=O)C1=C(N)Oc2c(c(C)nn2CC)C1c1ccccc1. The first-order valence-electron chi connectivity index (χ1n) is 8.05. The minimum Gasteiger partial charge on any atom is -0.462 e. The number of aryl methyl sites for hydroxylation is 2. The van der Waals surface area contributed by atoms with Crippen LogP contribution in [0.1, 0.15) is 36.6 Å². The zero-order chi connectivity index (χ0) is 17.3. The molecule has 0 bridgehead atoms. The Bertz CT molecular complexity index is 793. The lowest BCUT2D eigenvalue weighted by atomic mass is 9.83. The van der Waals surface area contributed by atoms with Gasteiger partial charge in [-0.1, -0.05) is 30.3 Å². The van der Waals surface area contributed by atoms with Gasteiger partial charge in [0.05, 0.1) is 18.2 Å². The number of carbonyl (C=O) groups is 1. The monoisotopic (exact) mass is 327 g/mol. The first-order chi connectivity index (χ1) is 11.6. The van der Waals surface area contributed by atoms with Crippen LogP contribution >= 0.6 is 0 Å². The number of benzene rings is 1. The summed E-state index contributed by atoms with van der Waals surface area (Å²) >= 11 is 0. The molecule has 0 aliphatic carbocycles. The summed E-state index contributed by atoms with van der Waals surface area (Å²) < 4.78 is 12.7. The summed E-state index contributed by atoms with van der Waals surface area (Å²) in [7, 11) is 0. The molecule has 2 N–H and O–H groups in total. The fourth-order valence-electron chi connectivity index (χ4n) is 3.08. The molecule has 1 atom stereocenters. The summed E-state index contributed by atoms with van der Waals surface area (Å²) in [4.78, 5) is 12.5. The summed E-state index contributed by atoms with van der Waals surface area (Å²) in [5, 5.41) is 4.52. The average molecular weight is 327 g/mol. The molecule has 0 fully saturated rings. The molecule has 2 heterocycles. The molecule has 1 aromatic heterocycles. The fraction of sp³-hybridized carbons (Fsp3) is 0.333. The molecule has 24 heavy (non-hydrogen) atoms. The van der Waals surface area contributed by atoms with Crippen molar-refractivity contribution in [1.29, 1.82) is 0 Å². The van der Waals surface area contributed by atoms with Crippen molar-refractivity contribution in [2.75, 3.05) is 6.61 Å². The van der Waals surface area contributed by atoms with Crippen molar-refractivity contribution in [3.8, 4) is 5.88 Å². The van der Waals surface area contributed by atoms with Crippen LogP contribution in [0.5, 0.6) is 5.88 Å². The topological polar surface area (TPSA) is 79.4 Å². The Balaban J connectivity index is 2.22. The maximum Gasteiger partial charge on any atom is 0.340 e. The highest BCUT2D eigenvalue weighted by Gasteiger charge is 2.39. The number of aromatic nitrogens is 2. The molecule has 0 saturated carbocycles. The Kier molecular flexibility index (Phi) is 4.29. The van der Waals surface area contributed by atoms with Crippen molar-refractivity contribution in [1.82, 2.24) is 9.78 Å². The molecule has 0 spiro atoms. The van der Waals surface area contributed by atoms with Crippen LogP contribution < -0.4 is 10.5 Å². The van der Waals surface area contributed by atoms with E-state index in [4.69, 9.17) is 15.2 Å². The van der Waals surface area contributed by atoms with E-state index in [9.17, 15) is 4.79 Å². The van der Waals surface area contributed by atoms with Crippen LogP contribution in [0.2, 0.25) is 0 Å². The van der Waals surface area contributed by atoms with Gasteiger partial charge in [0, 0.05) is 12.1 Å². The molecular formula is C18H21N3O3. The first-order valence-corrected chi connectivity index (χ1v) is 8.05. The number of fused-ring (bicyclic) bond motifs is 1. The normalized spacial score (nSPS) is 16.5. The summed E-state index contributed by atoms with van der Waals surface area (Å²) in [5.74, 6) is -0.147. The predicted molar refractivity (Wildman–Crippen MR) is 89.4 cm³/mol. The fourth-order valence-corrected chi connectivity index (χ4v) is 3.08. The van der Waals surface area contributed by atoms with E-state index >= 15 is 0 Å². The molecule has 1 aliphatic rings. The van der Waals surface area contributed by atoms with Gasteiger partial charge in [-0.15, -0.1) is 0 Å². The van der Waals surface area contributed by atoms with E-state index in [0.29, 0.717) is 18.0 Å². The van der Waals surface area contributed by atoms with Crippen molar-refractivity contribution in [2.45, 2.75) is 33.2 Å². The third kappa shape index (κ3) is 2.54. The molecule has 0 radical (unpaired) electrons. The van der Waals surface area contributed by atoms with Crippen LogP contribution in [-0.4, -0.2) is 22.4 Å². The van der Waals surface area contributed by atoms with E-state index < -0.39 is 5.97 Å². The number of carbonyl (C=O) groups excluding carboxylic acids is 1. The van der Waals surface area contributed by atoms with Crippen molar-refractivity contribution >= 4 is 5.97 Å². The molecule has 3 rings (SSSR count). The number of nitrogens with two attached hydrogens (primary N) is 1. The lowest BCUT2D eigenvalue weighted by Gasteiger charge is -2.27. The molecule has 1 unspecified atom stereocenters. The Morgan fingerprint density at radius 2 is 2.04 bits per heavy atom. The second-order valence-corrected chi connectivity index (χ2v) is 5.56. The zero-order valence-electron chi connectivity index (χ0n) is 14.1. The minimum atomic E-state index is -0.460.